The van der Waals surface area contributed by atoms with Gasteiger partial charge >= 0.3 is 0 Å². The molecule has 0 saturated carbocycles. The van der Waals surface area contributed by atoms with Crippen molar-refractivity contribution in [3.8, 4) is 10.7 Å². The number of Topliss-reactive ketones (excluding diaryl/α,β-unsaturated/α-hetero) is 1. The Kier molecular flexibility index (Phi) is 2.52. The molecular formula is C9H7BrN2OS. The number of thiophene rings is 1. The fraction of sp³-hybridized carbons (Fsp3) is 0.111. The number of hydrogen-bond acceptors (Lipinski definition) is 3. The Morgan fingerprint density at radius 2 is 2.43 bits per heavy atom. The van der Waals surface area contributed by atoms with Gasteiger partial charge in [-0.1, -0.05) is 0 Å². The molecule has 0 aliphatic carbocycles. The number of carbonyl (C=O) groups excluding carboxylic acids is 1. The number of aromatic nitrogens is 2. The molecule has 0 atom stereocenters. The molecule has 2 aromatic heterocycles. The summed E-state index contributed by atoms with van der Waals surface area (Å²) in [6.07, 6.45) is 1.56. The van der Waals surface area contributed by atoms with Crippen molar-refractivity contribution in [3.63, 3.8) is 0 Å². The first kappa shape index (κ1) is 9.61. The normalized spacial score (nSPS) is 10.4. The lowest BCUT2D eigenvalue weighted by Gasteiger charge is -1.88. The average Bonchev–Trinajstić information content (AvgIpc) is 2.70. The number of carbonyl (C=O) groups is 1. The highest BCUT2D eigenvalue weighted by atomic mass is 79.9. The largest absolute Gasteiger partial charge is 0.335 e. The van der Waals surface area contributed by atoms with E-state index in [-0.39, 0.29) is 5.78 Å². The minimum Gasteiger partial charge on any atom is -0.335 e. The molecule has 0 bridgehead atoms. The molecule has 2 heterocycles. The Morgan fingerprint density at radius 3 is 2.93 bits per heavy atom. The van der Waals surface area contributed by atoms with Crippen molar-refractivity contribution in [3.05, 3.63) is 27.8 Å². The van der Waals surface area contributed by atoms with E-state index in [4.69, 9.17) is 0 Å². The third-order valence-electron chi connectivity index (χ3n) is 1.76. The van der Waals surface area contributed by atoms with Crippen LogP contribution in [0.3, 0.4) is 0 Å². The van der Waals surface area contributed by atoms with Crippen LogP contribution < -0.4 is 0 Å². The van der Waals surface area contributed by atoms with Crippen LogP contribution in [0.4, 0.5) is 0 Å². The van der Waals surface area contributed by atoms with Crippen molar-refractivity contribution >= 4 is 33.0 Å². The maximum atomic E-state index is 11.0. The van der Waals surface area contributed by atoms with Crippen LogP contribution in [-0.2, 0) is 0 Å². The van der Waals surface area contributed by atoms with E-state index in [0.717, 1.165) is 15.2 Å². The number of halogens is 1. The van der Waals surface area contributed by atoms with Crippen molar-refractivity contribution in [1.29, 1.82) is 0 Å². The summed E-state index contributed by atoms with van der Waals surface area (Å²) in [4.78, 5) is 19.1. The molecule has 0 aromatic carbocycles. The summed E-state index contributed by atoms with van der Waals surface area (Å²) in [6, 6.07) is 1.97. The third kappa shape index (κ3) is 1.78. The van der Waals surface area contributed by atoms with Crippen LogP contribution in [0.15, 0.2) is 22.1 Å². The third-order valence-corrected chi connectivity index (χ3v) is 3.45. The number of ketones is 1. The second-order valence-electron chi connectivity index (χ2n) is 2.83. The number of nitrogens with zero attached hydrogens (tertiary/aromatic N) is 1. The molecule has 1 N–H and O–H groups in total. The van der Waals surface area contributed by atoms with Crippen LogP contribution in [0.1, 0.15) is 17.4 Å². The summed E-state index contributed by atoms with van der Waals surface area (Å²) in [5.41, 5.74) is 0.546. The van der Waals surface area contributed by atoms with Gasteiger partial charge in [0.15, 0.2) is 5.78 Å². The summed E-state index contributed by atoms with van der Waals surface area (Å²) in [5.74, 6) is 0.741. The molecule has 14 heavy (non-hydrogen) atoms. The number of aromatic amines is 1. The lowest BCUT2D eigenvalue weighted by Crippen LogP contribution is -1.90. The summed E-state index contributed by atoms with van der Waals surface area (Å²) in [7, 11) is 0. The van der Waals surface area contributed by atoms with E-state index in [9.17, 15) is 4.79 Å². The second kappa shape index (κ2) is 3.67. The number of imidazole rings is 1. The van der Waals surface area contributed by atoms with Crippen molar-refractivity contribution in [1.82, 2.24) is 9.97 Å². The Balaban J connectivity index is 2.38. The standard InChI is InChI=1S/C9H7BrN2OS/c1-5(13)7-3-11-9(12-7)8-2-6(10)4-14-8/h2-4H,1H3,(H,11,12). The topological polar surface area (TPSA) is 45.8 Å². The van der Waals surface area contributed by atoms with Crippen LogP contribution in [-0.4, -0.2) is 15.8 Å². The Hall–Kier alpha value is -0.940. The van der Waals surface area contributed by atoms with Crippen molar-refractivity contribution in [2.24, 2.45) is 0 Å². The first-order valence-corrected chi connectivity index (χ1v) is 5.64. The zero-order chi connectivity index (χ0) is 10.1. The molecule has 0 fully saturated rings. The van der Waals surface area contributed by atoms with E-state index in [1.54, 1.807) is 17.5 Å². The zero-order valence-corrected chi connectivity index (χ0v) is 9.78. The molecule has 0 amide bonds. The van der Waals surface area contributed by atoms with E-state index in [1.807, 2.05) is 11.4 Å². The predicted molar refractivity (Wildman–Crippen MR) is 59.6 cm³/mol. The van der Waals surface area contributed by atoms with Gasteiger partial charge in [0, 0.05) is 16.8 Å². The van der Waals surface area contributed by atoms with Crippen LogP contribution in [0.2, 0.25) is 0 Å². The Bertz CT molecular complexity index is 475. The van der Waals surface area contributed by atoms with Crippen LogP contribution in [0.5, 0.6) is 0 Å². The van der Waals surface area contributed by atoms with E-state index in [2.05, 4.69) is 25.9 Å². The first-order chi connectivity index (χ1) is 6.66. The number of H-pyrrole nitrogens is 1. The smallest absolute Gasteiger partial charge is 0.177 e. The maximum absolute atomic E-state index is 11.0. The molecule has 0 unspecified atom stereocenters. The van der Waals surface area contributed by atoms with Crippen molar-refractivity contribution < 1.29 is 4.79 Å². The lowest BCUT2D eigenvalue weighted by atomic mass is 10.3. The predicted octanol–water partition coefficient (Wildman–Crippen LogP) is 3.10. The SMILES string of the molecule is CC(=O)c1cnc(-c2cc(Br)cs2)[nH]1. The van der Waals surface area contributed by atoms with E-state index >= 15 is 0 Å². The molecule has 2 rings (SSSR count). The van der Waals surface area contributed by atoms with Gasteiger partial charge in [0.2, 0.25) is 0 Å². The molecule has 2 aromatic rings. The van der Waals surface area contributed by atoms with Gasteiger partial charge in [0.25, 0.3) is 0 Å². The highest BCUT2D eigenvalue weighted by Gasteiger charge is 2.07. The molecule has 0 aliphatic rings. The second-order valence-corrected chi connectivity index (χ2v) is 4.66. The van der Waals surface area contributed by atoms with Gasteiger partial charge in [-0.05, 0) is 22.0 Å². The molecule has 3 nitrogen and oxygen atoms in total. The fourth-order valence-corrected chi connectivity index (χ4v) is 2.44. The lowest BCUT2D eigenvalue weighted by molar-refractivity contribution is 0.101. The number of hydrogen-bond donors (Lipinski definition) is 1. The van der Waals surface area contributed by atoms with Gasteiger partial charge in [0.1, 0.15) is 11.5 Å². The molecule has 0 aliphatic heterocycles. The van der Waals surface area contributed by atoms with Crippen LogP contribution >= 0.6 is 27.3 Å². The average molecular weight is 271 g/mol. The van der Waals surface area contributed by atoms with Crippen molar-refractivity contribution in [2.75, 3.05) is 0 Å². The van der Waals surface area contributed by atoms with E-state index in [0.29, 0.717) is 5.69 Å². The quantitative estimate of drug-likeness (QED) is 0.853. The van der Waals surface area contributed by atoms with E-state index < -0.39 is 0 Å². The molecule has 0 radical (unpaired) electrons. The minimum absolute atomic E-state index is 0.000582. The van der Waals surface area contributed by atoms with Gasteiger partial charge in [0.05, 0.1) is 11.1 Å². The molecule has 0 spiro atoms. The highest BCUT2D eigenvalue weighted by molar-refractivity contribution is 9.10. The molecule has 5 heteroatoms. The van der Waals surface area contributed by atoms with Gasteiger partial charge < -0.3 is 4.98 Å². The van der Waals surface area contributed by atoms with E-state index in [1.165, 1.54) is 6.92 Å². The maximum Gasteiger partial charge on any atom is 0.177 e. The molecule has 72 valence electrons. The Labute approximate surface area is 93.3 Å². The van der Waals surface area contributed by atoms with Gasteiger partial charge in [-0.3, -0.25) is 4.79 Å². The Morgan fingerprint density at radius 1 is 1.64 bits per heavy atom. The van der Waals surface area contributed by atoms with Gasteiger partial charge in [-0.15, -0.1) is 11.3 Å². The molecular weight excluding hydrogens is 264 g/mol. The highest BCUT2D eigenvalue weighted by Crippen LogP contribution is 2.27. The first-order valence-electron chi connectivity index (χ1n) is 3.97. The summed E-state index contributed by atoms with van der Waals surface area (Å²) >= 11 is 4.94. The van der Waals surface area contributed by atoms with Gasteiger partial charge in [-0.25, -0.2) is 4.98 Å². The zero-order valence-electron chi connectivity index (χ0n) is 7.37. The summed E-state index contributed by atoms with van der Waals surface area (Å²) < 4.78 is 1.03. The van der Waals surface area contributed by atoms with Crippen molar-refractivity contribution in [2.45, 2.75) is 6.92 Å². The van der Waals surface area contributed by atoms with Crippen LogP contribution in [0, 0.1) is 0 Å². The number of nitrogens with one attached hydrogen (secondary N) is 1. The minimum atomic E-state index is -0.000582. The fourth-order valence-electron chi connectivity index (χ4n) is 1.06. The monoisotopic (exact) mass is 270 g/mol. The van der Waals surface area contributed by atoms with Crippen LogP contribution in [0.25, 0.3) is 10.7 Å². The summed E-state index contributed by atoms with van der Waals surface area (Å²) in [5, 5.41) is 1.98. The number of rotatable bonds is 2. The summed E-state index contributed by atoms with van der Waals surface area (Å²) in [6.45, 7) is 1.52. The molecule has 0 saturated heterocycles. The van der Waals surface area contributed by atoms with Gasteiger partial charge in [-0.2, -0.15) is 0 Å².